The van der Waals surface area contributed by atoms with Gasteiger partial charge in [-0.15, -0.1) is 0 Å². The van der Waals surface area contributed by atoms with Gasteiger partial charge in [0.2, 0.25) is 5.91 Å². The number of ether oxygens (including phenoxy) is 1. The van der Waals surface area contributed by atoms with Crippen molar-refractivity contribution in [2.45, 2.75) is 83.7 Å². The van der Waals surface area contributed by atoms with E-state index in [0.717, 1.165) is 56.3 Å². The highest BCUT2D eigenvalue weighted by atomic mass is 16.5. The van der Waals surface area contributed by atoms with Crippen LogP contribution in [0.25, 0.3) is 0 Å². The standard InChI is InChI=1S/C31H43N5O4/c1-3-27(37)30(22-10-6-5-7-11-22)35-31(39)24-13-8-12-23(16-24)25-14-9-15-36(20-25)29(38)19-32-17-26-28(40-4-2)18-33-21-34-26/h8,12-13,16,18,21-22,25,30,32H,3-7,9-11,14-15,17,19-20H2,1-2H3,(H,35,39)/t25-,30-/m1/s1. The van der Waals surface area contributed by atoms with Gasteiger partial charge in [-0.05, 0) is 56.2 Å². The third kappa shape index (κ3) is 7.87. The molecule has 9 heteroatoms. The molecule has 2 aromatic rings. The van der Waals surface area contributed by atoms with Gasteiger partial charge >= 0.3 is 0 Å². The molecule has 2 fully saturated rings. The quantitative estimate of drug-likeness (QED) is 0.411. The second-order valence-electron chi connectivity index (χ2n) is 10.8. The van der Waals surface area contributed by atoms with Gasteiger partial charge in [0.25, 0.3) is 5.91 Å². The maximum absolute atomic E-state index is 13.3. The van der Waals surface area contributed by atoms with Crippen LogP contribution in [0.2, 0.25) is 0 Å². The number of carbonyl (C=O) groups is 3. The number of nitrogens with zero attached hydrogens (tertiary/aromatic N) is 3. The number of nitrogens with one attached hydrogen (secondary N) is 2. The summed E-state index contributed by atoms with van der Waals surface area (Å²) in [4.78, 5) is 49.2. The maximum Gasteiger partial charge on any atom is 0.251 e. The highest BCUT2D eigenvalue weighted by Gasteiger charge is 2.30. The van der Waals surface area contributed by atoms with Gasteiger partial charge in [0, 0.05) is 37.5 Å². The fourth-order valence-electron chi connectivity index (χ4n) is 5.93. The molecular formula is C31H43N5O4. The molecule has 0 bridgehead atoms. The van der Waals surface area contributed by atoms with Crippen LogP contribution in [0.5, 0.6) is 5.75 Å². The van der Waals surface area contributed by atoms with Crippen molar-refractivity contribution in [3.05, 3.63) is 53.6 Å². The van der Waals surface area contributed by atoms with Crippen molar-refractivity contribution < 1.29 is 19.1 Å². The minimum atomic E-state index is -0.413. The zero-order chi connectivity index (χ0) is 28.3. The van der Waals surface area contributed by atoms with E-state index in [2.05, 4.69) is 20.6 Å². The number of aromatic nitrogens is 2. The molecule has 0 spiro atoms. The predicted molar refractivity (Wildman–Crippen MR) is 153 cm³/mol. The van der Waals surface area contributed by atoms with Crippen molar-refractivity contribution in [1.82, 2.24) is 25.5 Å². The molecule has 1 aromatic carbocycles. The first-order valence-corrected chi connectivity index (χ1v) is 14.8. The first-order valence-electron chi connectivity index (χ1n) is 14.8. The summed E-state index contributed by atoms with van der Waals surface area (Å²) < 4.78 is 5.56. The van der Waals surface area contributed by atoms with E-state index in [1.807, 2.05) is 43.0 Å². The summed E-state index contributed by atoms with van der Waals surface area (Å²) >= 11 is 0. The summed E-state index contributed by atoms with van der Waals surface area (Å²) in [7, 11) is 0. The molecule has 0 unspecified atom stereocenters. The SMILES string of the molecule is CCOc1cncnc1CNCC(=O)N1CCC[C@@H](c2cccc(C(=O)N[C@@H](C(=O)CC)C3CCCCC3)c2)C1. The number of likely N-dealkylation sites (tertiary alicyclic amines) is 1. The Kier molecular flexibility index (Phi) is 11.0. The van der Waals surface area contributed by atoms with Gasteiger partial charge in [-0.1, -0.05) is 38.3 Å². The Bertz CT molecular complexity index is 1150. The van der Waals surface area contributed by atoms with Gasteiger partial charge < -0.3 is 20.3 Å². The summed E-state index contributed by atoms with van der Waals surface area (Å²) in [6.07, 6.45) is 10.8. The van der Waals surface area contributed by atoms with Crippen LogP contribution in [-0.2, 0) is 16.1 Å². The van der Waals surface area contributed by atoms with Crippen molar-refractivity contribution in [2.24, 2.45) is 5.92 Å². The molecular weight excluding hydrogens is 506 g/mol. The molecule has 2 amide bonds. The number of ketones is 1. The van der Waals surface area contributed by atoms with Crippen LogP contribution in [0.1, 0.15) is 92.7 Å². The van der Waals surface area contributed by atoms with Crippen molar-refractivity contribution in [1.29, 1.82) is 0 Å². The van der Waals surface area contributed by atoms with Gasteiger partial charge in [0.15, 0.2) is 11.5 Å². The van der Waals surface area contributed by atoms with Gasteiger partial charge in [-0.2, -0.15) is 0 Å². The number of benzene rings is 1. The lowest BCUT2D eigenvalue weighted by atomic mass is 9.81. The lowest BCUT2D eigenvalue weighted by Crippen LogP contribution is -2.46. The smallest absolute Gasteiger partial charge is 0.251 e. The molecule has 9 nitrogen and oxygen atoms in total. The highest BCUT2D eigenvalue weighted by Crippen LogP contribution is 2.29. The molecule has 216 valence electrons. The Hall–Kier alpha value is -3.33. The molecule has 1 aliphatic heterocycles. The minimum absolute atomic E-state index is 0.0408. The summed E-state index contributed by atoms with van der Waals surface area (Å²) in [5, 5.41) is 6.27. The zero-order valence-corrected chi connectivity index (χ0v) is 23.9. The number of carbonyl (C=O) groups excluding carboxylic acids is 3. The average Bonchev–Trinajstić information content (AvgIpc) is 3.01. The van der Waals surface area contributed by atoms with Crippen LogP contribution in [0.3, 0.4) is 0 Å². The summed E-state index contributed by atoms with van der Waals surface area (Å²) in [5.41, 5.74) is 2.35. The largest absolute Gasteiger partial charge is 0.490 e. The Morgan fingerprint density at radius 2 is 1.93 bits per heavy atom. The number of rotatable bonds is 12. The second-order valence-corrected chi connectivity index (χ2v) is 10.8. The Morgan fingerprint density at radius 1 is 1.10 bits per heavy atom. The van der Waals surface area contributed by atoms with Gasteiger partial charge in [0.05, 0.1) is 31.1 Å². The van der Waals surface area contributed by atoms with E-state index in [0.29, 0.717) is 37.4 Å². The molecule has 4 rings (SSSR count). The monoisotopic (exact) mass is 549 g/mol. The van der Waals surface area contributed by atoms with Crippen LogP contribution >= 0.6 is 0 Å². The van der Waals surface area contributed by atoms with Crippen molar-refractivity contribution in [2.75, 3.05) is 26.2 Å². The molecule has 1 saturated carbocycles. The van der Waals surface area contributed by atoms with Gasteiger partial charge in [-0.3, -0.25) is 14.4 Å². The van der Waals surface area contributed by atoms with Crippen molar-refractivity contribution in [3.8, 4) is 5.75 Å². The Labute approximate surface area is 237 Å². The third-order valence-electron chi connectivity index (χ3n) is 8.12. The topological polar surface area (TPSA) is 114 Å². The molecule has 1 aromatic heterocycles. The number of piperidine rings is 1. The van der Waals surface area contributed by atoms with Crippen LogP contribution in [-0.4, -0.2) is 64.7 Å². The first kappa shape index (κ1) is 29.6. The van der Waals surface area contributed by atoms with E-state index in [4.69, 9.17) is 4.74 Å². The van der Waals surface area contributed by atoms with E-state index in [-0.39, 0.29) is 36.0 Å². The summed E-state index contributed by atoms with van der Waals surface area (Å²) in [6.45, 7) is 6.25. The van der Waals surface area contributed by atoms with E-state index in [9.17, 15) is 14.4 Å². The lowest BCUT2D eigenvalue weighted by Gasteiger charge is -2.33. The molecule has 1 aliphatic carbocycles. The van der Waals surface area contributed by atoms with Crippen LogP contribution in [0.15, 0.2) is 36.8 Å². The number of amides is 2. The molecule has 2 atom stereocenters. The van der Waals surface area contributed by atoms with E-state index >= 15 is 0 Å². The fraction of sp³-hybridized carbons (Fsp3) is 0.581. The number of hydrogen-bond acceptors (Lipinski definition) is 7. The van der Waals surface area contributed by atoms with Crippen molar-refractivity contribution in [3.63, 3.8) is 0 Å². The summed E-state index contributed by atoms with van der Waals surface area (Å²) in [6, 6.07) is 7.27. The Balaban J connectivity index is 1.34. The third-order valence-corrected chi connectivity index (χ3v) is 8.12. The average molecular weight is 550 g/mol. The maximum atomic E-state index is 13.3. The minimum Gasteiger partial charge on any atom is -0.490 e. The molecule has 40 heavy (non-hydrogen) atoms. The van der Waals surface area contributed by atoms with E-state index in [1.165, 1.54) is 12.7 Å². The van der Waals surface area contributed by atoms with Gasteiger partial charge in [-0.25, -0.2) is 9.97 Å². The first-order chi connectivity index (χ1) is 19.5. The zero-order valence-electron chi connectivity index (χ0n) is 23.9. The lowest BCUT2D eigenvalue weighted by molar-refractivity contribution is -0.131. The molecule has 2 N–H and O–H groups in total. The molecule has 1 saturated heterocycles. The van der Waals surface area contributed by atoms with Crippen molar-refractivity contribution >= 4 is 17.6 Å². The van der Waals surface area contributed by atoms with Crippen LogP contribution < -0.4 is 15.4 Å². The predicted octanol–water partition coefficient (Wildman–Crippen LogP) is 4.03. The van der Waals surface area contributed by atoms with E-state index < -0.39 is 6.04 Å². The van der Waals surface area contributed by atoms with Crippen LogP contribution in [0.4, 0.5) is 0 Å². The molecule has 2 aliphatic rings. The fourth-order valence-corrected chi connectivity index (χ4v) is 5.93. The second kappa shape index (κ2) is 14.9. The molecule has 2 heterocycles. The number of Topliss-reactive ketones (excluding diaryl/α,β-unsaturated/α-hetero) is 1. The van der Waals surface area contributed by atoms with Gasteiger partial charge in [0.1, 0.15) is 6.33 Å². The summed E-state index contributed by atoms with van der Waals surface area (Å²) in [5.74, 6) is 0.960. The van der Waals surface area contributed by atoms with E-state index in [1.54, 1.807) is 6.20 Å². The Morgan fingerprint density at radius 3 is 2.70 bits per heavy atom. The molecule has 0 radical (unpaired) electrons. The normalized spacial score (nSPS) is 18.6. The number of hydrogen-bond donors (Lipinski definition) is 2. The highest BCUT2D eigenvalue weighted by molar-refractivity contribution is 5.98. The van der Waals surface area contributed by atoms with Crippen LogP contribution in [0, 0.1) is 5.92 Å².